The Morgan fingerprint density at radius 2 is 0.806 bits per heavy atom. The monoisotopic (exact) mass is 931 g/mol. The molecule has 15 rings (SSSR count). The van der Waals surface area contributed by atoms with Crippen molar-refractivity contribution in [3.05, 3.63) is 294 Å². The molecule has 336 valence electrons. The van der Waals surface area contributed by atoms with Gasteiger partial charge in [-0.15, -0.1) is 11.3 Å². The fourth-order valence-corrected chi connectivity index (χ4v) is 13.3. The molecule has 0 spiro atoms. The van der Waals surface area contributed by atoms with Crippen molar-refractivity contribution in [2.75, 3.05) is 0 Å². The lowest BCUT2D eigenvalue weighted by molar-refractivity contribution is 0.806. The van der Waals surface area contributed by atoms with Crippen LogP contribution in [0.4, 0.5) is 0 Å². The van der Waals surface area contributed by atoms with Gasteiger partial charge in [-0.3, -0.25) is 0 Å². The largest absolute Gasteiger partial charge is 0.309 e. The van der Waals surface area contributed by atoms with E-state index in [4.69, 9.17) is 0 Å². The first-order valence-electron chi connectivity index (χ1n) is 25.1. The van der Waals surface area contributed by atoms with Crippen molar-refractivity contribution in [2.24, 2.45) is 0 Å². The number of para-hydroxylation sites is 1. The number of hydrogen-bond acceptors (Lipinski definition) is 1. The number of hydrogen-bond donors (Lipinski definition) is 0. The number of rotatable bonds is 7. The molecule has 0 saturated carbocycles. The summed E-state index contributed by atoms with van der Waals surface area (Å²) in [5.74, 6) is 0.117. The molecule has 1 atom stereocenters. The van der Waals surface area contributed by atoms with Crippen LogP contribution in [-0.4, -0.2) is 4.57 Å². The smallest absolute Gasteiger partial charge is 0.0541 e. The van der Waals surface area contributed by atoms with Crippen molar-refractivity contribution in [3.63, 3.8) is 0 Å². The van der Waals surface area contributed by atoms with E-state index in [1.54, 1.807) is 0 Å². The predicted octanol–water partition coefficient (Wildman–Crippen LogP) is 18.8. The minimum Gasteiger partial charge on any atom is -0.309 e. The zero-order valence-corrected chi connectivity index (χ0v) is 40.2. The van der Waals surface area contributed by atoms with E-state index in [0.29, 0.717) is 0 Å². The van der Waals surface area contributed by atoms with Gasteiger partial charge in [0.2, 0.25) is 0 Å². The summed E-state index contributed by atoms with van der Waals surface area (Å²) in [6.07, 6.45) is 0.868. The number of benzene rings is 11. The van der Waals surface area contributed by atoms with Crippen LogP contribution in [0.1, 0.15) is 44.9 Å². The van der Waals surface area contributed by atoms with Crippen molar-refractivity contribution in [1.29, 1.82) is 0 Å². The molecule has 72 heavy (non-hydrogen) atoms. The van der Waals surface area contributed by atoms with Gasteiger partial charge in [-0.2, -0.15) is 0 Å². The molecule has 0 aliphatic heterocycles. The Hall–Kier alpha value is -8.82. The third kappa shape index (κ3) is 6.46. The van der Waals surface area contributed by atoms with Gasteiger partial charge in [0.25, 0.3) is 0 Å². The van der Waals surface area contributed by atoms with Gasteiger partial charge in [0, 0.05) is 42.6 Å². The number of nitrogens with zero attached hydrogens (tertiary/aromatic N) is 1. The second-order valence-electron chi connectivity index (χ2n) is 19.5. The van der Waals surface area contributed by atoms with E-state index in [1.165, 1.54) is 137 Å². The highest BCUT2D eigenvalue weighted by atomic mass is 32.1. The second-order valence-corrected chi connectivity index (χ2v) is 20.6. The van der Waals surface area contributed by atoms with Crippen LogP contribution in [0.15, 0.2) is 255 Å². The van der Waals surface area contributed by atoms with Gasteiger partial charge >= 0.3 is 0 Å². The maximum atomic E-state index is 2.54. The fourth-order valence-electron chi connectivity index (χ4n) is 12.2. The summed E-state index contributed by atoms with van der Waals surface area (Å²) in [6.45, 7) is 0. The molecule has 2 heteroatoms. The standard InChI is InChI=1S/C70H45NS/c1-2-14-45(15-3-1)46-30-35-51(36-31-46)71-65-24-12-10-19-56(65)62-41-48(33-38-66(62)71)47-28-26-44(27-29-47)40-61(50-34-39-68-63(42-50)57-20-11-13-25-67(57)72-68)49-32-37-55-54-18-6-9-23-60(54)70(64(55)43-49)69-58-21-7-4-16-52(58)53-17-5-8-22-59(53)69/h1-39,41-43,61H,40H2. The molecular formula is C70H45NS. The van der Waals surface area contributed by atoms with Crippen molar-refractivity contribution >= 4 is 64.5 Å². The highest BCUT2D eigenvalue weighted by molar-refractivity contribution is 7.25. The molecule has 0 bridgehead atoms. The van der Waals surface area contributed by atoms with Crippen LogP contribution in [0.5, 0.6) is 0 Å². The Labute approximate surface area is 422 Å². The van der Waals surface area contributed by atoms with Crippen molar-refractivity contribution in [2.45, 2.75) is 12.3 Å². The molecule has 2 heterocycles. The lowest BCUT2D eigenvalue weighted by Crippen LogP contribution is -2.06. The Morgan fingerprint density at radius 1 is 0.306 bits per heavy atom. The van der Waals surface area contributed by atoms with Crippen LogP contribution in [0.2, 0.25) is 0 Å². The first-order valence-corrected chi connectivity index (χ1v) is 25.9. The minimum absolute atomic E-state index is 0.117. The molecule has 0 fully saturated rings. The second kappa shape index (κ2) is 16.4. The number of fused-ring (bicyclic) bond motifs is 12. The summed E-state index contributed by atoms with van der Waals surface area (Å²) >= 11 is 1.89. The van der Waals surface area contributed by atoms with Crippen LogP contribution < -0.4 is 0 Å². The van der Waals surface area contributed by atoms with E-state index >= 15 is 0 Å². The quantitative estimate of drug-likeness (QED) is 0.150. The molecule has 13 aromatic rings. The van der Waals surface area contributed by atoms with E-state index in [9.17, 15) is 0 Å². The topological polar surface area (TPSA) is 4.93 Å². The number of thiophene rings is 1. The SMILES string of the molecule is c1ccc(-c2ccc(-n3c4ccccc4c4cc(-c5ccc(CC(c6ccc7c(c6)C(=C6c8ccccc8-c8ccccc86)c6ccccc6-7)c6ccc7sc8ccccc8c7c6)cc5)ccc43)cc2)cc1. The highest BCUT2D eigenvalue weighted by Gasteiger charge is 2.33. The Kier molecular flexibility index (Phi) is 9.33. The van der Waals surface area contributed by atoms with Crippen molar-refractivity contribution in [1.82, 2.24) is 4.57 Å². The van der Waals surface area contributed by atoms with E-state index in [0.717, 1.165) is 12.1 Å². The summed E-state index contributed by atoms with van der Waals surface area (Å²) in [6, 6.07) is 95.3. The average molecular weight is 932 g/mol. The predicted molar refractivity (Wildman–Crippen MR) is 305 cm³/mol. The molecule has 0 saturated heterocycles. The molecule has 0 amide bonds. The van der Waals surface area contributed by atoms with Gasteiger partial charge < -0.3 is 4.57 Å². The van der Waals surface area contributed by atoms with Crippen molar-refractivity contribution in [3.8, 4) is 50.2 Å². The Bertz CT molecular complexity index is 4290. The average Bonchev–Trinajstić information content (AvgIpc) is 4.18. The lowest BCUT2D eigenvalue weighted by Gasteiger charge is -2.21. The molecule has 1 nitrogen and oxygen atoms in total. The van der Waals surface area contributed by atoms with Gasteiger partial charge in [0.15, 0.2) is 0 Å². The van der Waals surface area contributed by atoms with Crippen LogP contribution in [-0.2, 0) is 6.42 Å². The van der Waals surface area contributed by atoms with Crippen molar-refractivity contribution < 1.29 is 0 Å². The van der Waals surface area contributed by atoms with Crippen LogP contribution in [0.25, 0.3) is 103 Å². The first kappa shape index (κ1) is 41.0. The normalized spacial score (nSPS) is 12.9. The lowest BCUT2D eigenvalue weighted by atomic mass is 9.83. The van der Waals surface area contributed by atoms with E-state index in [-0.39, 0.29) is 5.92 Å². The van der Waals surface area contributed by atoms with E-state index in [2.05, 4.69) is 259 Å². The van der Waals surface area contributed by atoms with Gasteiger partial charge in [0.05, 0.1) is 11.0 Å². The molecule has 11 aromatic carbocycles. The van der Waals surface area contributed by atoms with E-state index in [1.807, 2.05) is 11.3 Å². The summed E-state index contributed by atoms with van der Waals surface area (Å²) in [5.41, 5.74) is 25.6. The van der Waals surface area contributed by atoms with Gasteiger partial charge in [-0.1, -0.05) is 200 Å². The number of aromatic nitrogens is 1. The van der Waals surface area contributed by atoms with Crippen LogP contribution >= 0.6 is 11.3 Å². The fraction of sp³-hybridized carbons (Fsp3) is 0.0286. The zero-order chi connectivity index (χ0) is 47.3. The molecule has 0 radical (unpaired) electrons. The Balaban J connectivity index is 0.832. The van der Waals surface area contributed by atoms with Gasteiger partial charge in [-0.25, -0.2) is 0 Å². The van der Waals surface area contributed by atoms with Gasteiger partial charge in [0.1, 0.15) is 0 Å². The van der Waals surface area contributed by atoms with Crippen LogP contribution in [0, 0.1) is 0 Å². The highest BCUT2D eigenvalue weighted by Crippen LogP contribution is 2.55. The minimum atomic E-state index is 0.117. The Morgan fingerprint density at radius 3 is 1.53 bits per heavy atom. The molecule has 2 aliphatic rings. The molecule has 1 unspecified atom stereocenters. The molecular weight excluding hydrogens is 887 g/mol. The maximum Gasteiger partial charge on any atom is 0.0541 e. The summed E-state index contributed by atoms with van der Waals surface area (Å²) in [7, 11) is 0. The summed E-state index contributed by atoms with van der Waals surface area (Å²) < 4.78 is 5.07. The maximum absolute atomic E-state index is 2.54. The third-order valence-electron chi connectivity index (χ3n) is 15.6. The molecule has 2 aliphatic carbocycles. The molecule has 0 N–H and O–H groups in total. The van der Waals surface area contributed by atoms with Crippen LogP contribution in [0.3, 0.4) is 0 Å². The zero-order valence-electron chi connectivity index (χ0n) is 39.4. The first-order chi connectivity index (χ1) is 35.7. The summed E-state index contributed by atoms with van der Waals surface area (Å²) in [5, 5.41) is 5.19. The van der Waals surface area contributed by atoms with Gasteiger partial charge in [-0.05, 0) is 156 Å². The molecule has 2 aromatic heterocycles. The summed E-state index contributed by atoms with van der Waals surface area (Å²) in [4.78, 5) is 0. The third-order valence-corrected chi connectivity index (χ3v) is 16.7. The van der Waals surface area contributed by atoms with E-state index < -0.39 is 0 Å².